The third kappa shape index (κ3) is 1.42. The van der Waals surface area contributed by atoms with Gasteiger partial charge in [-0.2, -0.15) is 0 Å². The minimum absolute atomic E-state index is 0.0332. The summed E-state index contributed by atoms with van der Waals surface area (Å²) in [7, 11) is -2.23. The Bertz CT molecular complexity index is 484. The van der Waals surface area contributed by atoms with Gasteiger partial charge in [0.25, 0.3) is 0 Å². The maximum atomic E-state index is 12.3. The van der Waals surface area contributed by atoms with Crippen molar-refractivity contribution in [1.82, 2.24) is 4.90 Å². The summed E-state index contributed by atoms with van der Waals surface area (Å²) in [5, 5.41) is 0. The molecule has 3 aliphatic rings. The van der Waals surface area contributed by atoms with Crippen molar-refractivity contribution < 1.29 is 13.2 Å². The quantitative estimate of drug-likeness (QED) is 0.668. The first-order valence-corrected chi connectivity index (χ1v) is 8.60. The summed E-state index contributed by atoms with van der Waals surface area (Å²) in [6.45, 7) is 4.27. The molecule has 6 heteroatoms. The minimum Gasteiger partial charge on any atom is -0.293 e. The van der Waals surface area contributed by atoms with E-state index in [1.54, 1.807) is 18.2 Å². The van der Waals surface area contributed by atoms with E-state index in [9.17, 15) is 13.2 Å². The summed E-state index contributed by atoms with van der Waals surface area (Å²) < 4.78 is 23.9. The van der Waals surface area contributed by atoms with Crippen LogP contribution in [0, 0.1) is 0 Å². The molecule has 0 aromatic heterocycles. The third-order valence-corrected chi connectivity index (χ3v) is 8.90. The second-order valence-electron chi connectivity index (χ2n) is 4.82. The van der Waals surface area contributed by atoms with Crippen molar-refractivity contribution in [2.24, 2.45) is 0 Å². The lowest BCUT2D eigenvalue weighted by Gasteiger charge is -2.32. The Morgan fingerprint density at radius 1 is 1.44 bits per heavy atom. The van der Waals surface area contributed by atoms with Crippen molar-refractivity contribution in [2.75, 3.05) is 18.1 Å². The molecule has 2 saturated heterocycles. The largest absolute Gasteiger partial charge is 0.293 e. The summed E-state index contributed by atoms with van der Waals surface area (Å²) in [4.78, 5) is 13.9. The molecule has 3 heterocycles. The van der Waals surface area contributed by atoms with Gasteiger partial charge in [0.1, 0.15) is 4.08 Å². The zero-order valence-corrected chi connectivity index (χ0v) is 11.5. The van der Waals surface area contributed by atoms with Gasteiger partial charge in [0.05, 0.1) is 12.1 Å². The maximum absolute atomic E-state index is 12.3. The van der Waals surface area contributed by atoms with Crippen LogP contribution in [0.25, 0.3) is 0 Å². The standard InChI is InChI=1S/C12H15NO3S2/c1-2-5-13-9-8-12(11(13)4-3-10(9)14)17(15)6-7-18(12)16/h2-4,9,11H,1,5-8H2/t9-,11-,12?,17-,18+/m1/s1. The first kappa shape index (κ1) is 12.4. The molecule has 98 valence electrons. The Morgan fingerprint density at radius 2 is 2.11 bits per heavy atom. The normalized spacial score (nSPS) is 47.0. The van der Waals surface area contributed by atoms with Crippen molar-refractivity contribution in [3.05, 3.63) is 24.8 Å². The van der Waals surface area contributed by atoms with Crippen molar-refractivity contribution in [2.45, 2.75) is 22.6 Å². The maximum Gasteiger partial charge on any atom is 0.172 e. The number of nitrogens with zero attached hydrogens (tertiary/aromatic N) is 1. The van der Waals surface area contributed by atoms with E-state index in [-0.39, 0.29) is 17.9 Å². The smallest absolute Gasteiger partial charge is 0.172 e. The van der Waals surface area contributed by atoms with E-state index >= 15 is 0 Å². The van der Waals surface area contributed by atoms with Crippen LogP contribution in [0.1, 0.15) is 6.42 Å². The molecule has 1 unspecified atom stereocenters. The number of rotatable bonds is 2. The predicted octanol–water partition coefficient (Wildman–Crippen LogP) is -0.0385. The highest BCUT2D eigenvalue weighted by molar-refractivity contribution is 8.07. The summed E-state index contributed by atoms with van der Waals surface area (Å²) >= 11 is 0. The molecule has 0 aromatic carbocycles. The SMILES string of the molecule is C=CCN1[C@@H]2CC3([C@H]1C=CC2=O)[S@](=O)CC[S@@]3=O. The predicted molar refractivity (Wildman–Crippen MR) is 72.0 cm³/mol. The summed E-state index contributed by atoms with van der Waals surface area (Å²) in [5.41, 5.74) is 0. The summed E-state index contributed by atoms with van der Waals surface area (Å²) in [6, 6.07) is -0.425. The fourth-order valence-electron chi connectivity index (χ4n) is 3.22. The highest BCUT2D eigenvalue weighted by atomic mass is 32.3. The first-order chi connectivity index (χ1) is 8.61. The Morgan fingerprint density at radius 3 is 2.72 bits per heavy atom. The second-order valence-corrected chi connectivity index (χ2v) is 8.74. The average Bonchev–Trinajstić information content (AvgIpc) is 2.75. The lowest BCUT2D eigenvalue weighted by molar-refractivity contribution is -0.119. The van der Waals surface area contributed by atoms with Gasteiger partial charge in [-0.15, -0.1) is 6.58 Å². The molecule has 0 radical (unpaired) electrons. The summed E-state index contributed by atoms with van der Waals surface area (Å²) in [6.07, 6.45) is 5.55. The molecule has 18 heavy (non-hydrogen) atoms. The van der Waals surface area contributed by atoms with E-state index in [1.165, 1.54) is 0 Å². The number of carbonyl (C=O) groups excluding carboxylic acids is 1. The van der Waals surface area contributed by atoms with E-state index < -0.39 is 25.7 Å². The third-order valence-electron chi connectivity index (χ3n) is 4.02. The fourth-order valence-corrected chi connectivity index (χ4v) is 8.10. The summed E-state index contributed by atoms with van der Waals surface area (Å²) in [5.74, 6) is 1.01. The van der Waals surface area contributed by atoms with Crippen LogP contribution in [-0.2, 0) is 26.4 Å². The molecule has 0 amide bonds. The van der Waals surface area contributed by atoms with Gasteiger partial charge in [0.2, 0.25) is 0 Å². The lowest BCUT2D eigenvalue weighted by atomic mass is 10.1. The van der Waals surface area contributed by atoms with Gasteiger partial charge in [0.15, 0.2) is 5.78 Å². The molecular weight excluding hydrogens is 270 g/mol. The van der Waals surface area contributed by atoms with Gasteiger partial charge in [-0.25, -0.2) is 0 Å². The number of fused-ring (bicyclic) bond motifs is 3. The van der Waals surface area contributed by atoms with Crippen LogP contribution in [-0.4, -0.2) is 53.3 Å². The highest BCUT2D eigenvalue weighted by Gasteiger charge is 2.63. The molecule has 3 aliphatic heterocycles. The van der Waals surface area contributed by atoms with Crippen LogP contribution in [0.4, 0.5) is 0 Å². The number of carbonyl (C=O) groups is 1. The second kappa shape index (κ2) is 4.21. The zero-order valence-electron chi connectivity index (χ0n) is 9.91. The molecule has 2 fully saturated rings. The van der Waals surface area contributed by atoms with Gasteiger partial charge in [0, 0.05) is 46.1 Å². The van der Waals surface area contributed by atoms with Gasteiger partial charge in [-0.3, -0.25) is 18.1 Å². The molecule has 0 saturated carbocycles. The average molecular weight is 285 g/mol. The Labute approximate surface area is 111 Å². The number of hydrogen-bond donors (Lipinski definition) is 0. The van der Waals surface area contributed by atoms with Crippen LogP contribution in [0.2, 0.25) is 0 Å². The molecule has 5 atom stereocenters. The minimum atomic E-state index is -1.12. The van der Waals surface area contributed by atoms with Crippen molar-refractivity contribution in [3.8, 4) is 0 Å². The van der Waals surface area contributed by atoms with Crippen LogP contribution >= 0.6 is 0 Å². The van der Waals surface area contributed by atoms with Crippen LogP contribution in [0.15, 0.2) is 24.8 Å². The van der Waals surface area contributed by atoms with Gasteiger partial charge in [-0.05, 0) is 6.08 Å². The van der Waals surface area contributed by atoms with E-state index in [0.29, 0.717) is 24.5 Å². The molecule has 4 nitrogen and oxygen atoms in total. The Hall–Kier alpha value is -0.590. The van der Waals surface area contributed by atoms with Gasteiger partial charge < -0.3 is 0 Å². The topological polar surface area (TPSA) is 54.5 Å². The van der Waals surface area contributed by atoms with Crippen LogP contribution in [0.5, 0.6) is 0 Å². The molecule has 0 aromatic rings. The highest BCUT2D eigenvalue weighted by Crippen LogP contribution is 2.46. The molecule has 0 aliphatic carbocycles. The monoisotopic (exact) mass is 285 g/mol. The first-order valence-electron chi connectivity index (χ1n) is 5.97. The molecular formula is C12H15NO3S2. The van der Waals surface area contributed by atoms with Gasteiger partial charge in [-0.1, -0.05) is 12.2 Å². The van der Waals surface area contributed by atoms with Gasteiger partial charge >= 0.3 is 0 Å². The Kier molecular flexibility index (Phi) is 2.91. The Balaban J connectivity index is 2.09. The molecule has 2 bridgehead atoms. The molecule has 0 N–H and O–H groups in total. The zero-order chi connectivity index (χ0) is 12.9. The number of hydrogen-bond acceptors (Lipinski definition) is 4. The lowest BCUT2D eigenvalue weighted by Crippen LogP contribution is -2.49. The van der Waals surface area contributed by atoms with E-state index in [1.807, 2.05) is 4.90 Å². The van der Waals surface area contributed by atoms with Crippen molar-refractivity contribution >= 4 is 27.4 Å². The van der Waals surface area contributed by atoms with E-state index in [4.69, 9.17) is 0 Å². The number of ketones is 1. The van der Waals surface area contributed by atoms with Crippen molar-refractivity contribution in [1.29, 1.82) is 0 Å². The van der Waals surface area contributed by atoms with Crippen LogP contribution in [0.3, 0.4) is 0 Å². The fraction of sp³-hybridized carbons (Fsp3) is 0.583. The van der Waals surface area contributed by atoms with E-state index in [2.05, 4.69) is 6.58 Å². The van der Waals surface area contributed by atoms with Crippen molar-refractivity contribution in [3.63, 3.8) is 0 Å². The van der Waals surface area contributed by atoms with Crippen LogP contribution < -0.4 is 0 Å². The van der Waals surface area contributed by atoms with E-state index in [0.717, 1.165) is 0 Å². The molecule has 3 rings (SSSR count). The molecule has 1 spiro atoms.